The molecule has 0 spiro atoms. The summed E-state index contributed by atoms with van der Waals surface area (Å²) < 4.78 is 17.6. The van der Waals surface area contributed by atoms with Gasteiger partial charge in [0.25, 0.3) is 0 Å². The van der Waals surface area contributed by atoms with Crippen molar-refractivity contribution in [1.82, 2.24) is 4.98 Å². The van der Waals surface area contributed by atoms with Crippen LogP contribution < -0.4 is 10.5 Å². The molecule has 5 rings (SSSR count). The molecule has 5 aromatic rings. The van der Waals surface area contributed by atoms with E-state index in [1.165, 1.54) is 12.4 Å². The van der Waals surface area contributed by atoms with Gasteiger partial charge in [-0.1, -0.05) is 41.4 Å². The van der Waals surface area contributed by atoms with Gasteiger partial charge in [-0.25, -0.2) is 4.79 Å². The normalized spacial score (nSPS) is 11.7. The summed E-state index contributed by atoms with van der Waals surface area (Å²) >= 11 is 12.8. The Morgan fingerprint density at radius 2 is 1.77 bits per heavy atom. The maximum Gasteiger partial charge on any atom is 0.343 e. The second kappa shape index (κ2) is 9.33. The summed E-state index contributed by atoms with van der Waals surface area (Å²) in [6.45, 7) is 0. The highest BCUT2D eigenvalue weighted by Crippen LogP contribution is 2.41. The van der Waals surface area contributed by atoms with Crippen LogP contribution in [0.15, 0.2) is 77.5 Å². The van der Waals surface area contributed by atoms with Crippen LogP contribution in [0.3, 0.4) is 0 Å². The largest absolute Gasteiger partial charge is 0.493 e. The van der Waals surface area contributed by atoms with Crippen LogP contribution >= 0.6 is 23.2 Å². The zero-order valence-electron chi connectivity index (χ0n) is 18.4. The summed E-state index contributed by atoms with van der Waals surface area (Å²) in [6, 6.07) is 17.5. The SMILES string of the molecule is COc1ccc(C(=Cc2c(Cl)cncc2Cl)OC(=O)c2ccccc2)c2c1oc1ccc(N)cc12. The number of carbonyl (C=O) groups is 1. The average molecular weight is 505 g/mol. The van der Waals surface area contributed by atoms with Crippen LogP contribution in [0.4, 0.5) is 5.69 Å². The monoisotopic (exact) mass is 504 g/mol. The molecule has 0 aliphatic rings. The lowest BCUT2D eigenvalue weighted by Crippen LogP contribution is -2.05. The zero-order chi connectivity index (χ0) is 24.5. The molecule has 0 aliphatic carbocycles. The molecule has 2 aromatic heterocycles. The van der Waals surface area contributed by atoms with Gasteiger partial charge < -0.3 is 19.6 Å². The number of halogens is 2. The lowest BCUT2D eigenvalue weighted by molar-refractivity contribution is 0.0694. The number of furan rings is 1. The highest BCUT2D eigenvalue weighted by atomic mass is 35.5. The van der Waals surface area contributed by atoms with Gasteiger partial charge in [0.05, 0.1) is 22.7 Å². The maximum atomic E-state index is 13.1. The number of nitrogens with two attached hydrogens (primary N) is 1. The molecule has 0 aliphatic heterocycles. The van der Waals surface area contributed by atoms with Crippen molar-refractivity contribution >= 4 is 68.6 Å². The highest BCUT2D eigenvalue weighted by Gasteiger charge is 2.22. The number of anilines is 1. The predicted molar refractivity (Wildman–Crippen MR) is 139 cm³/mol. The predicted octanol–water partition coefficient (Wildman–Crippen LogP) is 7.23. The third-order valence-electron chi connectivity index (χ3n) is 5.47. The Morgan fingerprint density at radius 1 is 1.03 bits per heavy atom. The molecule has 2 heterocycles. The van der Waals surface area contributed by atoms with Crippen molar-refractivity contribution in [2.75, 3.05) is 12.8 Å². The van der Waals surface area contributed by atoms with E-state index in [4.69, 9.17) is 42.8 Å². The first-order valence-electron chi connectivity index (χ1n) is 10.5. The standard InChI is InChI=1S/C27H18Cl2N2O4/c1-33-23-10-8-17(25-19-11-16(30)7-9-22(19)34-26(23)25)24(12-18-20(28)13-31-14-21(18)29)35-27(32)15-5-3-2-4-6-15/h2-14H,30H2,1H3. The number of fused-ring (bicyclic) bond motifs is 3. The fourth-order valence-electron chi connectivity index (χ4n) is 3.83. The van der Waals surface area contributed by atoms with Gasteiger partial charge in [-0.05, 0) is 48.5 Å². The number of methoxy groups -OCH3 is 1. The second-order valence-electron chi connectivity index (χ2n) is 7.66. The van der Waals surface area contributed by atoms with Crippen molar-refractivity contribution in [3.05, 3.63) is 99.8 Å². The smallest absolute Gasteiger partial charge is 0.343 e. The van der Waals surface area contributed by atoms with Gasteiger partial charge in [0.15, 0.2) is 11.3 Å². The Bertz CT molecular complexity index is 1590. The Hall–Kier alpha value is -4.00. The molecule has 35 heavy (non-hydrogen) atoms. The minimum absolute atomic E-state index is 0.214. The molecule has 0 saturated heterocycles. The molecule has 0 atom stereocenters. The summed E-state index contributed by atoms with van der Waals surface area (Å²) in [4.78, 5) is 17.1. The lowest BCUT2D eigenvalue weighted by Gasteiger charge is -2.13. The number of nitrogen functional groups attached to an aromatic ring is 1. The molecule has 0 saturated carbocycles. The summed E-state index contributed by atoms with van der Waals surface area (Å²) in [5.74, 6) is 0.188. The zero-order valence-corrected chi connectivity index (χ0v) is 19.9. The molecule has 0 amide bonds. The van der Waals surface area contributed by atoms with E-state index in [1.54, 1.807) is 67.8 Å². The number of rotatable bonds is 5. The van der Waals surface area contributed by atoms with Crippen LogP contribution in [0.25, 0.3) is 33.8 Å². The molecule has 2 N–H and O–H groups in total. The number of ether oxygens (including phenoxy) is 2. The van der Waals surface area contributed by atoms with Gasteiger partial charge in [-0.3, -0.25) is 4.98 Å². The van der Waals surface area contributed by atoms with Crippen molar-refractivity contribution < 1.29 is 18.7 Å². The van der Waals surface area contributed by atoms with E-state index in [1.807, 2.05) is 6.07 Å². The number of carbonyl (C=O) groups excluding carboxylic acids is 1. The first kappa shape index (κ1) is 22.8. The van der Waals surface area contributed by atoms with Crippen LogP contribution in [0.1, 0.15) is 21.5 Å². The number of hydrogen-bond acceptors (Lipinski definition) is 6. The van der Waals surface area contributed by atoms with Gasteiger partial charge in [0.1, 0.15) is 11.3 Å². The Labute approximate surface area is 210 Å². The van der Waals surface area contributed by atoms with E-state index in [-0.39, 0.29) is 5.76 Å². The summed E-state index contributed by atoms with van der Waals surface area (Å²) in [5.41, 5.74) is 9.13. The number of nitrogens with zero attached hydrogens (tertiary/aromatic N) is 1. The third-order valence-corrected chi connectivity index (χ3v) is 6.07. The van der Waals surface area contributed by atoms with E-state index in [2.05, 4.69) is 4.98 Å². The van der Waals surface area contributed by atoms with Crippen LogP contribution in [0.2, 0.25) is 10.0 Å². The van der Waals surface area contributed by atoms with Crippen LogP contribution in [-0.2, 0) is 4.74 Å². The molecular weight excluding hydrogens is 487 g/mol. The van der Waals surface area contributed by atoms with E-state index >= 15 is 0 Å². The van der Waals surface area contributed by atoms with Gasteiger partial charge in [-0.15, -0.1) is 0 Å². The van der Waals surface area contributed by atoms with Crippen molar-refractivity contribution in [2.24, 2.45) is 0 Å². The summed E-state index contributed by atoms with van der Waals surface area (Å²) in [6.07, 6.45) is 4.54. The first-order chi connectivity index (χ1) is 17.0. The highest BCUT2D eigenvalue weighted by molar-refractivity contribution is 6.37. The molecule has 0 unspecified atom stereocenters. The molecule has 0 radical (unpaired) electrons. The Balaban J connectivity index is 1.79. The van der Waals surface area contributed by atoms with Crippen molar-refractivity contribution in [1.29, 1.82) is 0 Å². The number of hydrogen-bond donors (Lipinski definition) is 1. The van der Waals surface area contributed by atoms with Crippen molar-refractivity contribution in [2.45, 2.75) is 0 Å². The quantitative estimate of drug-likeness (QED) is 0.154. The Kier molecular flexibility index (Phi) is 6.07. The minimum Gasteiger partial charge on any atom is -0.493 e. The lowest BCUT2D eigenvalue weighted by atomic mass is 10.0. The van der Waals surface area contributed by atoms with Crippen LogP contribution in [0.5, 0.6) is 5.75 Å². The van der Waals surface area contributed by atoms with Crippen LogP contribution in [0, 0.1) is 0 Å². The van der Waals surface area contributed by atoms with Gasteiger partial charge in [-0.2, -0.15) is 0 Å². The second-order valence-corrected chi connectivity index (χ2v) is 8.47. The summed E-state index contributed by atoms with van der Waals surface area (Å²) in [7, 11) is 1.55. The minimum atomic E-state index is -0.547. The number of pyridine rings is 1. The average Bonchev–Trinajstić information content (AvgIpc) is 3.24. The summed E-state index contributed by atoms with van der Waals surface area (Å²) in [5, 5.41) is 2.01. The molecule has 8 heteroatoms. The number of aromatic nitrogens is 1. The molecule has 0 bridgehead atoms. The molecular formula is C27H18Cl2N2O4. The number of benzene rings is 3. The molecule has 6 nitrogen and oxygen atoms in total. The first-order valence-corrected chi connectivity index (χ1v) is 11.3. The molecule has 3 aromatic carbocycles. The fourth-order valence-corrected chi connectivity index (χ4v) is 4.30. The topological polar surface area (TPSA) is 87.6 Å². The van der Waals surface area contributed by atoms with Gasteiger partial charge >= 0.3 is 5.97 Å². The molecule has 0 fully saturated rings. The number of esters is 1. The Morgan fingerprint density at radius 3 is 2.49 bits per heavy atom. The van der Waals surface area contributed by atoms with E-state index in [0.29, 0.717) is 54.7 Å². The van der Waals surface area contributed by atoms with Gasteiger partial charge in [0, 0.05) is 40.0 Å². The van der Waals surface area contributed by atoms with Gasteiger partial charge in [0.2, 0.25) is 0 Å². The third kappa shape index (κ3) is 4.30. The van der Waals surface area contributed by atoms with Crippen LogP contribution in [-0.4, -0.2) is 18.1 Å². The van der Waals surface area contributed by atoms with Crippen molar-refractivity contribution in [3.8, 4) is 5.75 Å². The van der Waals surface area contributed by atoms with E-state index in [0.717, 1.165) is 5.39 Å². The maximum absolute atomic E-state index is 13.1. The fraction of sp³-hybridized carbons (Fsp3) is 0.0370. The van der Waals surface area contributed by atoms with Crippen molar-refractivity contribution in [3.63, 3.8) is 0 Å². The molecule has 174 valence electrons. The van der Waals surface area contributed by atoms with E-state index < -0.39 is 5.97 Å². The van der Waals surface area contributed by atoms with E-state index in [9.17, 15) is 4.79 Å².